The Morgan fingerprint density at radius 2 is 1.79 bits per heavy atom. The number of nitrogens with two attached hydrogens (primary N) is 1. The molecule has 0 aliphatic rings. The zero-order valence-corrected chi connectivity index (χ0v) is 9.72. The summed E-state index contributed by atoms with van der Waals surface area (Å²) in [7, 11) is 0. The Morgan fingerprint density at radius 1 is 1.14 bits per heavy atom. The molecule has 0 spiro atoms. The molecular weight excluding hydrogens is 170 g/mol. The van der Waals surface area contributed by atoms with Crippen LogP contribution in [-0.4, -0.2) is 5.54 Å². The van der Waals surface area contributed by atoms with E-state index in [1.165, 1.54) is 16.7 Å². The molecule has 0 amide bonds. The lowest BCUT2D eigenvalue weighted by atomic mass is 9.95. The SMILES string of the molecule is Cc1ccc(CCC(C)(C)N)cc1C. The van der Waals surface area contributed by atoms with Gasteiger partial charge in [0.15, 0.2) is 0 Å². The van der Waals surface area contributed by atoms with Crippen LogP contribution in [0.5, 0.6) is 0 Å². The van der Waals surface area contributed by atoms with Gasteiger partial charge in [-0.3, -0.25) is 0 Å². The van der Waals surface area contributed by atoms with E-state index in [9.17, 15) is 0 Å². The summed E-state index contributed by atoms with van der Waals surface area (Å²) in [4.78, 5) is 0. The summed E-state index contributed by atoms with van der Waals surface area (Å²) in [5.41, 5.74) is 10.0. The van der Waals surface area contributed by atoms with Crippen molar-refractivity contribution in [2.24, 2.45) is 5.73 Å². The fourth-order valence-electron chi connectivity index (χ4n) is 1.43. The molecule has 0 aliphatic carbocycles. The molecule has 0 fully saturated rings. The van der Waals surface area contributed by atoms with Gasteiger partial charge in [0.1, 0.15) is 0 Å². The van der Waals surface area contributed by atoms with Crippen LogP contribution in [0.4, 0.5) is 0 Å². The van der Waals surface area contributed by atoms with E-state index in [2.05, 4.69) is 45.9 Å². The Bertz CT molecular complexity index is 308. The van der Waals surface area contributed by atoms with Gasteiger partial charge in [-0.1, -0.05) is 18.2 Å². The average Bonchev–Trinajstić information content (AvgIpc) is 2.06. The van der Waals surface area contributed by atoms with Crippen molar-refractivity contribution in [2.75, 3.05) is 0 Å². The monoisotopic (exact) mass is 191 g/mol. The topological polar surface area (TPSA) is 26.0 Å². The Labute approximate surface area is 87.3 Å². The Hall–Kier alpha value is -0.820. The van der Waals surface area contributed by atoms with Crippen LogP contribution in [0.1, 0.15) is 37.0 Å². The smallest absolute Gasteiger partial charge is 0.0100 e. The minimum atomic E-state index is -0.0568. The highest BCUT2D eigenvalue weighted by molar-refractivity contribution is 5.30. The normalized spacial score (nSPS) is 11.8. The largest absolute Gasteiger partial charge is 0.326 e. The maximum absolute atomic E-state index is 5.95. The van der Waals surface area contributed by atoms with Crippen LogP contribution in [0, 0.1) is 13.8 Å². The molecule has 0 bridgehead atoms. The fourth-order valence-corrected chi connectivity index (χ4v) is 1.43. The lowest BCUT2D eigenvalue weighted by molar-refractivity contribution is 0.477. The van der Waals surface area contributed by atoms with Gasteiger partial charge < -0.3 is 5.73 Å². The second-order valence-electron chi connectivity index (χ2n) is 4.91. The van der Waals surface area contributed by atoms with E-state index in [1.807, 2.05) is 0 Å². The summed E-state index contributed by atoms with van der Waals surface area (Å²) < 4.78 is 0. The lowest BCUT2D eigenvalue weighted by Gasteiger charge is -2.18. The zero-order valence-electron chi connectivity index (χ0n) is 9.72. The third-order valence-corrected chi connectivity index (χ3v) is 2.63. The third-order valence-electron chi connectivity index (χ3n) is 2.63. The fraction of sp³-hybridized carbons (Fsp3) is 0.538. The van der Waals surface area contributed by atoms with Crippen LogP contribution in [0.3, 0.4) is 0 Å². The van der Waals surface area contributed by atoms with E-state index >= 15 is 0 Å². The summed E-state index contributed by atoms with van der Waals surface area (Å²) in [6.45, 7) is 8.46. The highest BCUT2D eigenvalue weighted by atomic mass is 14.7. The van der Waals surface area contributed by atoms with Gasteiger partial charge in [0.2, 0.25) is 0 Å². The first-order valence-electron chi connectivity index (χ1n) is 5.23. The van der Waals surface area contributed by atoms with E-state index < -0.39 is 0 Å². The van der Waals surface area contributed by atoms with Crippen LogP contribution in [-0.2, 0) is 6.42 Å². The lowest BCUT2D eigenvalue weighted by Crippen LogP contribution is -2.32. The Kier molecular flexibility index (Phi) is 3.33. The van der Waals surface area contributed by atoms with E-state index in [0.29, 0.717) is 0 Å². The summed E-state index contributed by atoms with van der Waals surface area (Å²) in [6, 6.07) is 6.66. The highest BCUT2D eigenvalue weighted by Crippen LogP contribution is 2.14. The van der Waals surface area contributed by atoms with Gasteiger partial charge in [-0.2, -0.15) is 0 Å². The van der Waals surface area contributed by atoms with E-state index in [-0.39, 0.29) is 5.54 Å². The molecular formula is C13H21N. The quantitative estimate of drug-likeness (QED) is 0.781. The van der Waals surface area contributed by atoms with E-state index in [4.69, 9.17) is 5.73 Å². The van der Waals surface area contributed by atoms with Gasteiger partial charge >= 0.3 is 0 Å². The second-order valence-corrected chi connectivity index (χ2v) is 4.91. The third kappa shape index (κ3) is 3.51. The van der Waals surface area contributed by atoms with Gasteiger partial charge in [-0.25, -0.2) is 0 Å². The van der Waals surface area contributed by atoms with Crippen molar-refractivity contribution in [2.45, 2.75) is 46.1 Å². The maximum atomic E-state index is 5.95. The molecule has 0 heterocycles. The predicted molar refractivity (Wildman–Crippen MR) is 62.5 cm³/mol. The van der Waals surface area contributed by atoms with Gasteiger partial charge in [0.05, 0.1) is 0 Å². The molecule has 1 nitrogen and oxygen atoms in total. The molecule has 2 N–H and O–H groups in total. The van der Waals surface area contributed by atoms with Crippen LogP contribution >= 0.6 is 0 Å². The molecule has 0 aliphatic heterocycles. The molecule has 0 saturated carbocycles. The summed E-state index contributed by atoms with van der Waals surface area (Å²) in [5, 5.41) is 0. The molecule has 1 rings (SSSR count). The molecule has 1 aromatic carbocycles. The first-order chi connectivity index (χ1) is 6.38. The van der Waals surface area contributed by atoms with Gasteiger partial charge in [-0.15, -0.1) is 0 Å². The molecule has 0 saturated heterocycles. The van der Waals surface area contributed by atoms with Crippen molar-refractivity contribution in [3.63, 3.8) is 0 Å². The highest BCUT2D eigenvalue weighted by Gasteiger charge is 2.10. The van der Waals surface area contributed by atoms with Gasteiger partial charge in [-0.05, 0) is 57.2 Å². The summed E-state index contributed by atoms with van der Waals surface area (Å²) >= 11 is 0. The van der Waals surface area contributed by atoms with Crippen LogP contribution in [0.15, 0.2) is 18.2 Å². The van der Waals surface area contributed by atoms with E-state index in [0.717, 1.165) is 12.8 Å². The first kappa shape index (κ1) is 11.3. The standard InChI is InChI=1S/C13H21N/c1-10-5-6-12(9-11(10)2)7-8-13(3,4)14/h5-6,9H,7-8,14H2,1-4H3. The van der Waals surface area contributed by atoms with E-state index in [1.54, 1.807) is 0 Å². The minimum absolute atomic E-state index is 0.0568. The van der Waals surface area contributed by atoms with Crippen LogP contribution in [0.25, 0.3) is 0 Å². The number of hydrogen-bond acceptors (Lipinski definition) is 1. The van der Waals surface area contributed by atoms with Gasteiger partial charge in [0, 0.05) is 5.54 Å². The minimum Gasteiger partial charge on any atom is -0.326 e. The van der Waals surface area contributed by atoms with Crippen molar-refractivity contribution in [3.05, 3.63) is 34.9 Å². The number of benzene rings is 1. The molecule has 0 unspecified atom stereocenters. The first-order valence-corrected chi connectivity index (χ1v) is 5.23. The maximum Gasteiger partial charge on any atom is 0.0100 e. The summed E-state index contributed by atoms with van der Waals surface area (Å²) in [5.74, 6) is 0. The van der Waals surface area contributed by atoms with Gasteiger partial charge in [0.25, 0.3) is 0 Å². The van der Waals surface area contributed by atoms with Crippen molar-refractivity contribution in [1.29, 1.82) is 0 Å². The molecule has 1 heteroatoms. The van der Waals surface area contributed by atoms with Crippen molar-refractivity contribution in [1.82, 2.24) is 0 Å². The zero-order chi connectivity index (χ0) is 10.8. The summed E-state index contributed by atoms with van der Waals surface area (Å²) in [6.07, 6.45) is 2.11. The average molecular weight is 191 g/mol. The second kappa shape index (κ2) is 4.14. The molecule has 0 atom stereocenters. The van der Waals surface area contributed by atoms with Crippen molar-refractivity contribution < 1.29 is 0 Å². The van der Waals surface area contributed by atoms with Crippen LogP contribution in [0.2, 0.25) is 0 Å². The molecule has 14 heavy (non-hydrogen) atoms. The molecule has 1 aromatic rings. The number of hydrogen-bond donors (Lipinski definition) is 1. The Balaban J connectivity index is 2.65. The van der Waals surface area contributed by atoms with Crippen LogP contribution < -0.4 is 5.73 Å². The van der Waals surface area contributed by atoms with Crippen molar-refractivity contribution in [3.8, 4) is 0 Å². The predicted octanol–water partition coefficient (Wildman–Crippen LogP) is 2.97. The Morgan fingerprint density at radius 3 is 2.29 bits per heavy atom. The molecule has 78 valence electrons. The number of aryl methyl sites for hydroxylation is 3. The molecule has 0 radical (unpaired) electrons. The number of rotatable bonds is 3. The van der Waals surface area contributed by atoms with Crippen molar-refractivity contribution >= 4 is 0 Å². The molecule has 0 aromatic heterocycles.